The molecule has 0 bridgehead atoms. The van der Waals surface area contributed by atoms with Gasteiger partial charge in [-0.1, -0.05) is 91.5 Å². The van der Waals surface area contributed by atoms with Crippen LogP contribution in [0.2, 0.25) is 0 Å². The van der Waals surface area contributed by atoms with Gasteiger partial charge in [-0.15, -0.1) is 0 Å². The monoisotopic (exact) mass is 910 g/mol. The van der Waals surface area contributed by atoms with E-state index in [2.05, 4.69) is 215 Å². The van der Waals surface area contributed by atoms with E-state index in [0.717, 1.165) is 133 Å². The summed E-state index contributed by atoms with van der Waals surface area (Å²) >= 11 is 0. The molecule has 71 heavy (non-hydrogen) atoms. The normalized spacial score (nSPS) is 12.2. The van der Waals surface area contributed by atoms with E-state index >= 15 is 0 Å². The summed E-state index contributed by atoms with van der Waals surface area (Å²) in [6.07, 6.45) is 11.6. The number of benzene rings is 8. The molecule has 0 aliphatic carbocycles. The molecule has 0 N–H and O–H groups in total. The van der Waals surface area contributed by atoms with Crippen LogP contribution in [-0.4, -0.2) is 19.1 Å². The van der Waals surface area contributed by atoms with Gasteiger partial charge in [0.2, 0.25) is 0 Å². The Morgan fingerprint density at radius 1 is 0.423 bits per heavy atom. The van der Waals surface area contributed by atoms with Crippen LogP contribution in [0.1, 0.15) is 23.7 Å². The fourth-order valence-electron chi connectivity index (χ4n) is 10.8. The Bertz CT molecular complexity index is 4490. The van der Waals surface area contributed by atoms with Crippen molar-refractivity contribution >= 4 is 94.3 Å². The lowest BCUT2D eigenvalue weighted by molar-refractivity contribution is 0.668. The smallest absolute Gasteiger partial charge is 0.138 e. The summed E-state index contributed by atoms with van der Waals surface area (Å²) in [5.74, 6) is 0. The molecule has 0 aliphatic heterocycles. The average molecular weight is 911 g/mol. The number of rotatable bonds is 8. The van der Waals surface area contributed by atoms with Crippen molar-refractivity contribution in [3.8, 4) is 44.8 Å². The molecule has 0 unspecified atom stereocenters. The van der Waals surface area contributed by atoms with Gasteiger partial charge in [-0.3, -0.25) is 9.97 Å². The molecule has 0 saturated heterocycles. The number of fused-ring (bicyclic) bond motifs is 10. The van der Waals surface area contributed by atoms with Crippen molar-refractivity contribution in [1.82, 2.24) is 19.1 Å². The lowest BCUT2D eigenvalue weighted by atomic mass is 9.96. The molecular weight excluding hydrogens is 869 g/mol. The van der Waals surface area contributed by atoms with Crippen LogP contribution in [0.5, 0.6) is 0 Å². The summed E-state index contributed by atoms with van der Waals surface area (Å²) in [7, 11) is 0. The number of pyridine rings is 2. The second-order valence-electron chi connectivity index (χ2n) is 18.3. The number of hydrogen-bond donors (Lipinski definition) is 0. The van der Waals surface area contributed by atoms with E-state index in [4.69, 9.17) is 8.83 Å². The summed E-state index contributed by atoms with van der Waals surface area (Å²) in [4.78, 5) is 8.68. The molecule has 14 rings (SSSR count). The number of allylic oxidation sites excluding steroid dienone is 1. The standard InChI is InChI=1S/C65H42N4O2/c1-3-58-52(31-40(2)41-17-22-50-56-38-66-29-27-62(56)70-64(50)36-41)53-33-44(19-24-59(53)68(58)48-13-6-4-7-14-48)42-11-10-12-43(32-42)45-20-25-60-54(34-45)55-35-46(21-26-61(55)69(60)49-15-8-5-9-16-49)47-18-23-51-57-39-67-30-28-63(57)71-65(51)37-47/h3-39H,1H2,2H3/b40-31+. The zero-order chi connectivity index (χ0) is 47.2. The van der Waals surface area contributed by atoms with Crippen LogP contribution in [0, 0.1) is 0 Å². The molecule has 334 valence electrons. The van der Waals surface area contributed by atoms with Crippen molar-refractivity contribution < 1.29 is 8.83 Å². The van der Waals surface area contributed by atoms with Gasteiger partial charge in [0.15, 0.2) is 0 Å². The van der Waals surface area contributed by atoms with E-state index in [0.29, 0.717) is 0 Å². The first-order valence-electron chi connectivity index (χ1n) is 23.9. The van der Waals surface area contributed by atoms with Gasteiger partial charge >= 0.3 is 0 Å². The second-order valence-corrected chi connectivity index (χ2v) is 18.3. The van der Waals surface area contributed by atoms with Gasteiger partial charge in [0.25, 0.3) is 0 Å². The highest BCUT2D eigenvalue weighted by Gasteiger charge is 2.19. The van der Waals surface area contributed by atoms with Crippen molar-refractivity contribution in [1.29, 1.82) is 0 Å². The maximum absolute atomic E-state index is 6.29. The Labute approximate surface area is 408 Å². The minimum atomic E-state index is 0.836. The Hall–Kier alpha value is -9.52. The summed E-state index contributed by atoms with van der Waals surface area (Å²) in [6, 6.07) is 67.4. The Balaban J connectivity index is 0.890. The molecule has 0 amide bonds. The number of hydrogen-bond acceptors (Lipinski definition) is 4. The van der Waals surface area contributed by atoms with Gasteiger partial charge in [0, 0.05) is 79.4 Å². The summed E-state index contributed by atoms with van der Waals surface area (Å²) in [5.41, 5.74) is 20.1. The topological polar surface area (TPSA) is 61.9 Å². The van der Waals surface area contributed by atoms with Crippen LogP contribution in [0.3, 0.4) is 0 Å². The molecule has 0 saturated carbocycles. The molecule has 0 aliphatic rings. The lowest BCUT2D eigenvalue weighted by Crippen LogP contribution is -1.96. The second kappa shape index (κ2) is 16.0. The van der Waals surface area contributed by atoms with E-state index in [1.807, 2.05) is 30.6 Å². The van der Waals surface area contributed by atoms with E-state index in [1.54, 1.807) is 12.4 Å². The Morgan fingerprint density at radius 3 is 1.51 bits per heavy atom. The molecular formula is C65H42N4O2. The van der Waals surface area contributed by atoms with Gasteiger partial charge < -0.3 is 18.0 Å². The van der Waals surface area contributed by atoms with Crippen LogP contribution in [0.4, 0.5) is 0 Å². The molecule has 0 radical (unpaired) electrons. The van der Waals surface area contributed by atoms with Gasteiger partial charge in [-0.05, 0) is 167 Å². The fourth-order valence-corrected chi connectivity index (χ4v) is 10.8. The highest BCUT2D eigenvalue weighted by atomic mass is 16.3. The number of aromatic nitrogens is 4. The lowest BCUT2D eigenvalue weighted by Gasteiger charge is -2.10. The molecule has 8 aromatic carbocycles. The van der Waals surface area contributed by atoms with E-state index in [-0.39, 0.29) is 0 Å². The molecule has 6 aromatic heterocycles. The maximum atomic E-state index is 6.29. The predicted molar refractivity (Wildman–Crippen MR) is 294 cm³/mol. The molecule has 6 nitrogen and oxygen atoms in total. The molecule has 0 spiro atoms. The van der Waals surface area contributed by atoms with Crippen molar-refractivity contribution in [2.75, 3.05) is 0 Å². The number of furan rings is 2. The quantitative estimate of drug-likeness (QED) is 0.152. The van der Waals surface area contributed by atoms with Crippen molar-refractivity contribution in [2.45, 2.75) is 6.92 Å². The van der Waals surface area contributed by atoms with E-state index in [9.17, 15) is 0 Å². The molecule has 6 heterocycles. The number of para-hydroxylation sites is 2. The zero-order valence-corrected chi connectivity index (χ0v) is 38.7. The minimum Gasteiger partial charge on any atom is -0.456 e. The van der Waals surface area contributed by atoms with Gasteiger partial charge in [-0.2, -0.15) is 0 Å². The first-order chi connectivity index (χ1) is 35.0. The van der Waals surface area contributed by atoms with Gasteiger partial charge in [0.1, 0.15) is 22.3 Å². The van der Waals surface area contributed by atoms with Crippen LogP contribution in [0.25, 0.3) is 139 Å². The summed E-state index contributed by atoms with van der Waals surface area (Å²) in [6.45, 7) is 6.54. The average Bonchev–Trinajstić information content (AvgIpc) is 4.18. The third-order valence-electron chi connectivity index (χ3n) is 14.3. The maximum Gasteiger partial charge on any atom is 0.138 e. The largest absolute Gasteiger partial charge is 0.456 e. The van der Waals surface area contributed by atoms with Crippen molar-refractivity contribution in [2.24, 2.45) is 0 Å². The van der Waals surface area contributed by atoms with Crippen LogP contribution >= 0.6 is 0 Å². The zero-order valence-electron chi connectivity index (χ0n) is 38.7. The van der Waals surface area contributed by atoms with E-state index in [1.165, 1.54) is 10.8 Å². The Morgan fingerprint density at radius 2 is 0.915 bits per heavy atom. The first-order valence-corrected chi connectivity index (χ1v) is 23.9. The summed E-state index contributed by atoms with van der Waals surface area (Å²) < 4.78 is 17.3. The van der Waals surface area contributed by atoms with E-state index < -0.39 is 0 Å². The van der Waals surface area contributed by atoms with Crippen molar-refractivity contribution in [3.05, 3.63) is 236 Å². The summed E-state index contributed by atoms with van der Waals surface area (Å²) in [5, 5.41) is 7.69. The Kier molecular flexibility index (Phi) is 9.16. The predicted octanol–water partition coefficient (Wildman–Crippen LogP) is 17.5. The third kappa shape index (κ3) is 6.57. The number of nitrogens with zero attached hydrogens (tertiary/aromatic N) is 4. The van der Waals surface area contributed by atoms with Crippen molar-refractivity contribution in [3.63, 3.8) is 0 Å². The van der Waals surface area contributed by atoms with Gasteiger partial charge in [0.05, 0.1) is 22.2 Å². The SMILES string of the molecule is C=Cc1c(/C=C(\C)c2ccc3c(c2)oc2ccncc23)c2cc(-c3cccc(-c4ccc5c(c4)c4cc(-c6ccc7c(c6)oc6ccncc67)ccc4n5-c4ccccc4)c3)ccc2n1-c1ccccc1. The highest BCUT2D eigenvalue weighted by molar-refractivity contribution is 6.13. The molecule has 0 fully saturated rings. The highest BCUT2D eigenvalue weighted by Crippen LogP contribution is 2.41. The molecule has 6 heteroatoms. The first kappa shape index (κ1) is 40.5. The van der Waals surface area contributed by atoms with Crippen LogP contribution < -0.4 is 0 Å². The van der Waals surface area contributed by atoms with Crippen LogP contribution in [0.15, 0.2) is 228 Å². The fraction of sp³-hybridized carbons (Fsp3) is 0.0154. The third-order valence-corrected chi connectivity index (χ3v) is 14.3. The minimum absolute atomic E-state index is 0.836. The van der Waals surface area contributed by atoms with Gasteiger partial charge in [-0.25, -0.2) is 0 Å². The molecule has 0 atom stereocenters. The van der Waals surface area contributed by atoms with Crippen LogP contribution in [-0.2, 0) is 0 Å². The molecule has 14 aromatic rings.